The molecule has 6 nitrogen and oxygen atoms in total. The number of benzene rings is 1. The topological polar surface area (TPSA) is 82.8 Å². The number of esters is 1. The molecule has 1 aromatic heterocycles. The fourth-order valence-electron chi connectivity index (χ4n) is 2.70. The summed E-state index contributed by atoms with van der Waals surface area (Å²) in [5.41, 5.74) is 0.475. The summed E-state index contributed by atoms with van der Waals surface area (Å²) in [7, 11) is 1.29. The van der Waals surface area contributed by atoms with Crippen LogP contribution in [0.5, 0.6) is 5.75 Å². The van der Waals surface area contributed by atoms with Crippen LogP contribution < -0.4 is 10.4 Å². The van der Waals surface area contributed by atoms with Crippen LogP contribution in [-0.4, -0.2) is 25.0 Å². The molecule has 0 bridgehead atoms. The number of methoxy groups -OCH3 is 1. The predicted molar refractivity (Wildman–Crippen MR) is 93.1 cm³/mol. The smallest absolute Gasteiger partial charge is 0.347 e. The van der Waals surface area contributed by atoms with E-state index in [-0.39, 0.29) is 28.6 Å². The highest BCUT2D eigenvalue weighted by Crippen LogP contribution is 2.31. The van der Waals surface area contributed by atoms with Gasteiger partial charge in [-0.15, -0.1) is 0 Å². The fraction of sp³-hybridized carbons (Fsp3) is 0.421. The normalized spacial score (nSPS) is 12.2. The molecule has 0 unspecified atom stereocenters. The third-order valence-electron chi connectivity index (χ3n) is 3.85. The standard InChI is InChI=1S/C19H22O6/c1-10(2)8-15(19(22)23-5)24-14-7-6-13-11(3)9-16(21)25-18(13)17(14)12(4)20/h6-7,9-10,15H,8H2,1-5H3/t15-/m1/s1. The number of ether oxygens (including phenoxy) is 2. The van der Waals surface area contributed by atoms with Crippen LogP contribution in [0, 0.1) is 12.8 Å². The minimum atomic E-state index is -0.850. The van der Waals surface area contributed by atoms with Crippen molar-refractivity contribution in [2.45, 2.75) is 40.2 Å². The average molecular weight is 346 g/mol. The zero-order chi connectivity index (χ0) is 18.7. The molecule has 25 heavy (non-hydrogen) atoms. The van der Waals surface area contributed by atoms with Gasteiger partial charge in [0.05, 0.1) is 7.11 Å². The van der Waals surface area contributed by atoms with Gasteiger partial charge in [0.25, 0.3) is 0 Å². The fourth-order valence-corrected chi connectivity index (χ4v) is 2.70. The maximum Gasteiger partial charge on any atom is 0.347 e. The Morgan fingerprint density at radius 2 is 1.92 bits per heavy atom. The molecule has 0 N–H and O–H groups in total. The van der Waals surface area contributed by atoms with Crippen LogP contribution in [0.1, 0.15) is 43.1 Å². The van der Waals surface area contributed by atoms with E-state index in [0.717, 1.165) is 0 Å². The number of hydrogen-bond donors (Lipinski definition) is 0. The number of carbonyl (C=O) groups is 2. The second-order valence-corrected chi connectivity index (χ2v) is 6.38. The van der Waals surface area contributed by atoms with Gasteiger partial charge in [0.1, 0.15) is 11.3 Å². The van der Waals surface area contributed by atoms with Crippen molar-refractivity contribution in [1.29, 1.82) is 0 Å². The van der Waals surface area contributed by atoms with Crippen molar-refractivity contribution in [2.24, 2.45) is 5.92 Å². The monoisotopic (exact) mass is 346 g/mol. The van der Waals surface area contributed by atoms with Crippen molar-refractivity contribution in [3.63, 3.8) is 0 Å². The molecule has 2 aromatic rings. The lowest BCUT2D eigenvalue weighted by Crippen LogP contribution is -2.30. The molecule has 6 heteroatoms. The SMILES string of the molecule is COC(=O)[C@@H](CC(C)C)Oc1ccc2c(C)cc(=O)oc2c1C(C)=O. The summed E-state index contributed by atoms with van der Waals surface area (Å²) < 4.78 is 15.8. The molecule has 1 aromatic carbocycles. The van der Waals surface area contributed by atoms with Gasteiger partial charge < -0.3 is 13.9 Å². The second kappa shape index (κ2) is 7.51. The molecular formula is C19H22O6. The summed E-state index contributed by atoms with van der Waals surface area (Å²) in [6, 6.07) is 4.68. The molecular weight excluding hydrogens is 324 g/mol. The van der Waals surface area contributed by atoms with Crippen LogP contribution in [-0.2, 0) is 9.53 Å². The summed E-state index contributed by atoms with van der Waals surface area (Å²) in [4.78, 5) is 35.9. The number of Topliss-reactive ketones (excluding diaryl/α,β-unsaturated/α-hetero) is 1. The first-order valence-corrected chi connectivity index (χ1v) is 8.07. The zero-order valence-electron chi connectivity index (χ0n) is 15.0. The number of hydrogen-bond acceptors (Lipinski definition) is 6. The van der Waals surface area contributed by atoms with Crippen molar-refractivity contribution in [3.05, 3.63) is 39.7 Å². The van der Waals surface area contributed by atoms with Crippen molar-refractivity contribution < 1.29 is 23.5 Å². The quantitative estimate of drug-likeness (QED) is 0.453. The molecule has 0 aliphatic rings. The third-order valence-corrected chi connectivity index (χ3v) is 3.85. The molecule has 0 saturated heterocycles. The van der Waals surface area contributed by atoms with Crippen molar-refractivity contribution in [1.82, 2.24) is 0 Å². The number of ketones is 1. The van der Waals surface area contributed by atoms with Gasteiger partial charge in [-0.25, -0.2) is 9.59 Å². The Kier molecular flexibility index (Phi) is 5.62. The lowest BCUT2D eigenvalue weighted by atomic mass is 10.0. The van der Waals surface area contributed by atoms with Crippen LogP contribution in [0.2, 0.25) is 0 Å². The van der Waals surface area contributed by atoms with E-state index >= 15 is 0 Å². The lowest BCUT2D eigenvalue weighted by Gasteiger charge is -2.20. The van der Waals surface area contributed by atoms with E-state index in [0.29, 0.717) is 17.4 Å². The van der Waals surface area contributed by atoms with E-state index in [1.165, 1.54) is 20.1 Å². The van der Waals surface area contributed by atoms with E-state index in [1.54, 1.807) is 19.1 Å². The highest BCUT2D eigenvalue weighted by molar-refractivity contribution is 6.07. The molecule has 0 spiro atoms. The first kappa shape index (κ1) is 18.7. The van der Waals surface area contributed by atoms with Gasteiger partial charge in [-0.1, -0.05) is 13.8 Å². The van der Waals surface area contributed by atoms with Crippen LogP contribution in [0.15, 0.2) is 27.4 Å². The van der Waals surface area contributed by atoms with Gasteiger partial charge in [0.2, 0.25) is 0 Å². The first-order valence-electron chi connectivity index (χ1n) is 8.07. The maximum atomic E-state index is 12.2. The summed E-state index contributed by atoms with van der Waals surface area (Å²) in [6.07, 6.45) is -0.420. The number of rotatable bonds is 6. The Labute approximate surface area is 145 Å². The largest absolute Gasteiger partial charge is 0.478 e. The number of carbonyl (C=O) groups excluding carboxylic acids is 2. The molecule has 1 atom stereocenters. The van der Waals surface area contributed by atoms with Crippen LogP contribution >= 0.6 is 0 Å². The lowest BCUT2D eigenvalue weighted by molar-refractivity contribution is -0.149. The van der Waals surface area contributed by atoms with Crippen molar-refractivity contribution >= 4 is 22.7 Å². The molecule has 0 fully saturated rings. The minimum absolute atomic E-state index is 0.149. The Morgan fingerprint density at radius 1 is 1.24 bits per heavy atom. The van der Waals surface area contributed by atoms with Gasteiger partial charge in [0.15, 0.2) is 17.5 Å². The number of fused-ring (bicyclic) bond motifs is 1. The molecule has 0 aliphatic carbocycles. The van der Waals surface area contributed by atoms with E-state index in [2.05, 4.69) is 0 Å². The summed E-state index contributed by atoms with van der Waals surface area (Å²) in [5, 5.41) is 0.649. The molecule has 134 valence electrons. The highest BCUT2D eigenvalue weighted by Gasteiger charge is 2.26. The third kappa shape index (κ3) is 4.07. The molecule has 0 saturated carbocycles. The summed E-state index contributed by atoms with van der Waals surface area (Å²) in [5.74, 6) is -0.452. The van der Waals surface area contributed by atoms with Gasteiger partial charge in [-0.05, 0) is 43.9 Å². The van der Waals surface area contributed by atoms with E-state index in [4.69, 9.17) is 13.9 Å². The van der Waals surface area contributed by atoms with Gasteiger partial charge in [-0.2, -0.15) is 0 Å². The van der Waals surface area contributed by atoms with Crippen molar-refractivity contribution in [2.75, 3.05) is 7.11 Å². The van der Waals surface area contributed by atoms with Crippen LogP contribution in [0.25, 0.3) is 11.0 Å². The summed E-state index contributed by atoms with van der Waals surface area (Å²) in [6.45, 7) is 7.03. The second-order valence-electron chi connectivity index (χ2n) is 6.38. The van der Waals surface area contributed by atoms with Crippen LogP contribution in [0.3, 0.4) is 0 Å². The van der Waals surface area contributed by atoms with E-state index in [1.807, 2.05) is 13.8 Å². The molecule has 1 heterocycles. The molecule has 0 aliphatic heterocycles. The maximum absolute atomic E-state index is 12.2. The van der Waals surface area contributed by atoms with Crippen molar-refractivity contribution in [3.8, 4) is 5.75 Å². The average Bonchev–Trinajstić information content (AvgIpc) is 2.51. The molecule has 0 amide bonds. The van der Waals surface area contributed by atoms with Crippen LogP contribution in [0.4, 0.5) is 0 Å². The van der Waals surface area contributed by atoms with Gasteiger partial charge in [0, 0.05) is 11.5 Å². The Hall–Kier alpha value is -2.63. The summed E-state index contributed by atoms with van der Waals surface area (Å²) >= 11 is 0. The predicted octanol–water partition coefficient (Wildman–Crippen LogP) is 3.27. The Balaban J connectivity index is 2.60. The Bertz CT molecular complexity index is 862. The Morgan fingerprint density at radius 3 is 2.48 bits per heavy atom. The highest BCUT2D eigenvalue weighted by atomic mass is 16.6. The van der Waals surface area contributed by atoms with Gasteiger partial charge >= 0.3 is 11.6 Å². The van der Waals surface area contributed by atoms with Gasteiger partial charge in [-0.3, -0.25) is 4.79 Å². The van der Waals surface area contributed by atoms with E-state index in [9.17, 15) is 14.4 Å². The molecule has 0 radical (unpaired) electrons. The zero-order valence-corrected chi connectivity index (χ0v) is 15.0. The first-order chi connectivity index (χ1) is 11.7. The molecule has 2 rings (SSSR count). The van der Waals surface area contributed by atoms with E-state index < -0.39 is 17.7 Å². The number of aryl methyl sites for hydroxylation is 1. The minimum Gasteiger partial charge on any atom is -0.478 e.